The predicted molar refractivity (Wildman–Crippen MR) is 148 cm³/mol. The van der Waals surface area contributed by atoms with Gasteiger partial charge in [0, 0.05) is 29.1 Å². The maximum absolute atomic E-state index is 13.3. The molecule has 0 fully saturated rings. The maximum Gasteiger partial charge on any atom is 0.254 e. The van der Waals surface area contributed by atoms with E-state index in [-0.39, 0.29) is 24.4 Å². The molecule has 2 amide bonds. The number of hydrogen-bond donors (Lipinski definition) is 1. The second-order valence-corrected chi connectivity index (χ2v) is 9.19. The highest BCUT2D eigenvalue weighted by atomic mass is 16.5. The second-order valence-electron chi connectivity index (χ2n) is 9.19. The molecule has 0 aliphatic carbocycles. The number of hydrogen-bond acceptors (Lipinski definition) is 5. The van der Waals surface area contributed by atoms with Crippen LogP contribution in [0.25, 0.3) is 16.9 Å². The van der Waals surface area contributed by atoms with Crippen LogP contribution < -0.4 is 14.8 Å². The molecule has 196 valence electrons. The van der Waals surface area contributed by atoms with Crippen molar-refractivity contribution < 1.29 is 19.1 Å². The van der Waals surface area contributed by atoms with Gasteiger partial charge in [0.15, 0.2) is 0 Å². The Kier molecular flexibility index (Phi) is 8.11. The third-order valence-electron chi connectivity index (χ3n) is 6.17. The predicted octanol–water partition coefficient (Wildman–Crippen LogP) is 5.35. The van der Waals surface area contributed by atoms with E-state index in [1.54, 1.807) is 38.5 Å². The molecule has 1 heterocycles. The SMILES string of the molecule is COc1ccc(-c2cn(-c3ccc(C)cc3)c(NC(=O)CN(C(=O)c3cccc(OC)c3)C(C)C)n2)cc1. The zero-order valence-corrected chi connectivity index (χ0v) is 22.3. The van der Waals surface area contributed by atoms with E-state index < -0.39 is 0 Å². The van der Waals surface area contributed by atoms with E-state index in [1.165, 1.54) is 4.90 Å². The number of carbonyl (C=O) groups is 2. The molecule has 0 aliphatic heterocycles. The van der Waals surface area contributed by atoms with Gasteiger partial charge in [0.25, 0.3) is 5.91 Å². The molecule has 0 radical (unpaired) electrons. The van der Waals surface area contributed by atoms with Crippen molar-refractivity contribution >= 4 is 17.8 Å². The summed E-state index contributed by atoms with van der Waals surface area (Å²) in [6.07, 6.45) is 1.88. The Bertz CT molecular complexity index is 1410. The third-order valence-corrected chi connectivity index (χ3v) is 6.17. The third kappa shape index (κ3) is 6.03. The fraction of sp³-hybridized carbons (Fsp3) is 0.233. The lowest BCUT2D eigenvalue weighted by Gasteiger charge is -2.26. The number of amides is 2. The van der Waals surface area contributed by atoms with Crippen LogP contribution in [0, 0.1) is 6.92 Å². The quantitative estimate of drug-likeness (QED) is 0.327. The zero-order valence-electron chi connectivity index (χ0n) is 22.3. The summed E-state index contributed by atoms with van der Waals surface area (Å²) in [5.41, 5.74) is 4.00. The Morgan fingerprint density at radius 2 is 1.63 bits per heavy atom. The van der Waals surface area contributed by atoms with E-state index in [0.717, 1.165) is 22.6 Å². The molecule has 0 atom stereocenters. The summed E-state index contributed by atoms with van der Waals surface area (Å²) in [6.45, 7) is 5.64. The highest BCUT2D eigenvalue weighted by Crippen LogP contribution is 2.26. The van der Waals surface area contributed by atoms with Gasteiger partial charge in [-0.05, 0) is 75.4 Å². The molecule has 0 aliphatic rings. The first-order valence-electron chi connectivity index (χ1n) is 12.3. The lowest BCUT2D eigenvalue weighted by atomic mass is 10.1. The molecule has 0 saturated heterocycles. The summed E-state index contributed by atoms with van der Waals surface area (Å²) >= 11 is 0. The van der Waals surface area contributed by atoms with Gasteiger partial charge in [-0.15, -0.1) is 0 Å². The largest absolute Gasteiger partial charge is 0.497 e. The van der Waals surface area contributed by atoms with E-state index in [2.05, 4.69) is 5.32 Å². The number of benzene rings is 3. The van der Waals surface area contributed by atoms with Crippen LogP contribution >= 0.6 is 0 Å². The minimum atomic E-state index is -0.352. The number of ether oxygens (including phenoxy) is 2. The fourth-order valence-electron chi connectivity index (χ4n) is 4.00. The van der Waals surface area contributed by atoms with Crippen LogP contribution in [-0.4, -0.2) is 53.1 Å². The molecule has 0 saturated carbocycles. The molecule has 4 rings (SSSR count). The van der Waals surface area contributed by atoms with Gasteiger partial charge in [-0.1, -0.05) is 23.8 Å². The Morgan fingerprint density at radius 3 is 2.26 bits per heavy atom. The van der Waals surface area contributed by atoms with Gasteiger partial charge in [0.1, 0.15) is 18.0 Å². The van der Waals surface area contributed by atoms with Crippen LogP contribution in [0.2, 0.25) is 0 Å². The van der Waals surface area contributed by atoms with Crippen molar-refractivity contribution in [3.8, 4) is 28.4 Å². The van der Waals surface area contributed by atoms with Gasteiger partial charge in [-0.2, -0.15) is 0 Å². The van der Waals surface area contributed by atoms with Crippen molar-refractivity contribution in [1.29, 1.82) is 0 Å². The van der Waals surface area contributed by atoms with Crippen LogP contribution in [0.3, 0.4) is 0 Å². The van der Waals surface area contributed by atoms with Crippen molar-refractivity contribution in [2.45, 2.75) is 26.8 Å². The molecule has 1 N–H and O–H groups in total. The van der Waals surface area contributed by atoms with E-state index >= 15 is 0 Å². The van der Waals surface area contributed by atoms with Crippen LogP contribution in [0.4, 0.5) is 5.95 Å². The first-order chi connectivity index (χ1) is 18.3. The topological polar surface area (TPSA) is 85.7 Å². The van der Waals surface area contributed by atoms with Gasteiger partial charge in [-0.3, -0.25) is 19.5 Å². The summed E-state index contributed by atoms with van der Waals surface area (Å²) in [5, 5.41) is 2.92. The van der Waals surface area contributed by atoms with E-state index in [1.807, 2.05) is 80.1 Å². The number of nitrogens with one attached hydrogen (secondary N) is 1. The number of methoxy groups -OCH3 is 2. The molecule has 4 aromatic rings. The van der Waals surface area contributed by atoms with Crippen molar-refractivity contribution in [3.63, 3.8) is 0 Å². The summed E-state index contributed by atoms with van der Waals surface area (Å²) in [7, 11) is 3.17. The molecular weight excluding hydrogens is 480 g/mol. The van der Waals surface area contributed by atoms with Crippen LogP contribution in [0.1, 0.15) is 29.8 Å². The molecule has 0 bridgehead atoms. The first-order valence-corrected chi connectivity index (χ1v) is 12.3. The minimum absolute atomic E-state index is 0.133. The number of imidazole rings is 1. The van der Waals surface area contributed by atoms with Crippen LogP contribution in [0.5, 0.6) is 11.5 Å². The monoisotopic (exact) mass is 512 g/mol. The first kappa shape index (κ1) is 26.5. The Balaban J connectivity index is 1.61. The number of aromatic nitrogens is 2. The van der Waals surface area contributed by atoms with Gasteiger partial charge >= 0.3 is 0 Å². The molecular formula is C30H32N4O4. The minimum Gasteiger partial charge on any atom is -0.497 e. The lowest BCUT2D eigenvalue weighted by Crippen LogP contribution is -2.42. The van der Waals surface area contributed by atoms with E-state index in [9.17, 15) is 9.59 Å². The smallest absolute Gasteiger partial charge is 0.254 e. The highest BCUT2D eigenvalue weighted by Gasteiger charge is 2.23. The second kappa shape index (κ2) is 11.6. The van der Waals surface area contributed by atoms with Crippen molar-refractivity contribution in [1.82, 2.24) is 14.5 Å². The molecule has 8 nitrogen and oxygen atoms in total. The fourth-order valence-corrected chi connectivity index (χ4v) is 4.00. The van der Waals surface area contributed by atoms with E-state index in [0.29, 0.717) is 23.0 Å². The molecule has 8 heteroatoms. The summed E-state index contributed by atoms with van der Waals surface area (Å²) in [6, 6.07) is 22.2. The maximum atomic E-state index is 13.3. The number of carbonyl (C=O) groups excluding carboxylic acids is 2. The van der Waals surface area contributed by atoms with Crippen molar-refractivity contribution in [2.75, 3.05) is 26.1 Å². The number of anilines is 1. The molecule has 38 heavy (non-hydrogen) atoms. The van der Waals surface area contributed by atoms with Crippen LogP contribution in [0.15, 0.2) is 79.0 Å². The van der Waals surface area contributed by atoms with E-state index in [4.69, 9.17) is 14.5 Å². The number of rotatable bonds is 9. The molecule has 0 spiro atoms. The Labute approximate surface area is 222 Å². The van der Waals surface area contributed by atoms with Crippen molar-refractivity contribution in [2.24, 2.45) is 0 Å². The van der Waals surface area contributed by atoms with Gasteiger partial charge in [0.05, 0.1) is 19.9 Å². The normalized spacial score (nSPS) is 10.8. The molecule has 1 aromatic heterocycles. The molecule has 3 aromatic carbocycles. The van der Waals surface area contributed by atoms with Gasteiger partial charge < -0.3 is 14.4 Å². The number of nitrogens with zero attached hydrogens (tertiary/aromatic N) is 3. The average molecular weight is 513 g/mol. The number of aryl methyl sites for hydroxylation is 1. The highest BCUT2D eigenvalue weighted by molar-refractivity contribution is 5.99. The molecule has 0 unspecified atom stereocenters. The Hall–Kier alpha value is -4.59. The van der Waals surface area contributed by atoms with Crippen LogP contribution in [-0.2, 0) is 4.79 Å². The van der Waals surface area contributed by atoms with Gasteiger partial charge in [0.2, 0.25) is 11.9 Å². The standard InChI is InChI=1S/C30H32N4O4/c1-20(2)33(29(36)23-7-6-8-26(17-23)38-5)19-28(35)32-30-31-27(22-11-15-25(37-4)16-12-22)18-34(30)24-13-9-21(3)10-14-24/h6-18,20H,19H2,1-5H3,(H,31,32,35). The summed E-state index contributed by atoms with van der Waals surface area (Å²) < 4.78 is 12.4. The summed E-state index contributed by atoms with van der Waals surface area (Å²) in [4.78, 5) is 32.8. The summed E-state index contributed by atoms with van der Waals surface area (Å²) in [5.74, 6) is 1.08. The van der Waals surface area contributed by atoms with Gasteiger partial charge in [-0.25, -0.2) is 4.98 Å². The Morgan fingerprint density at radius 1 is 0.947 bits per heavy atom. The van der Waals surface area contributed by atoms with Crippen molar-refractivity contribution in [3.05, 3.63) is 90.1 Å². The lowest BCUT2D eigenvalue weighted by molar-refractivity contribution is -0.117. The average Bonchev–Trinajstić information content (AvgIpc) is 3.35. The zero-order chi connectivity index (χ0) is 27.2.